The number of benzene rings is 1. The minimum absolute atomic E-state index is 0.0276. The SMILES string of the molecule is COCC1CN(CC(C)(F)F)CC2(CCN(C(=O)c3ccc(OC(C)C)c(C)c3)CC2)O1. The number of nitrogens with zero attached hydrogens (tertiary/aromatic N) is 2. The highest BCUT2D eigenvalue weighted by molar-refractivity contribution is 5.94. The monoisotopic (exact) mass is 454 g/mol. The summed E-state index contributed by atoms with van der Waals surface area (Å²) < 4.78 is 44.7. The molecule has 2 aliphatic rings. The van der Waals surface area contributed by atoms with Gasteiger partial charge >= 0.3 is 0 Å². The van der Waals surface area contributed by atoms with Crippen molar-refractivity contribution in [3.05, 3.63) is 29.3 Å². The maximum absolute atomic E-state index is 13.7. The lowest BCUT2D eigenvalue weighted by Crippen LogP contribution is -2.61. The first-order valence-electron chi connectivity index (χ1n) is 11.3. The fourth-order valence-corrected chi connectivity index (χ4v) is 4.72. The zero-order chi connectivity index (χ0) is 23.5. The van der Waals surface area contributed by atoms with Crippen LogP contribution in [0.5, 0.6) is 5.75 Å². The summed E-state index contributed by atoms with van der Waals surface area (Å²) in [5, 5.41) is 0. The predicted octanol–water partition coefficient (Wildman–Crippen LogP) is 3.76. The van der Waals surface area contributed by atoms with Gasteiger partial charge in [0.25, 0.3) is 11.8 Å². The zero-order valence-corrected chi connectivity index (χ0v) is 19.8. The maximum Gasteiger partial charge on any atom is 0.257 e. The third kappa shape index (κ3) is 6.39. The number of hydrogen-bond donors (Lipinski definition) is 0. The molecule has 6 nitrogen and oxygen atoms in total. The van der Waals surface area contributed by atoms with Gasteiger partial charge in [-0.3, -0.25) is 9.69 Å². The van der Waals surface area contributed by atoms with Crippen molar-refractivity contribution in [3.63, 3.8) is 0 Å². The Labute approximate surface area is 189 Å². The minimum Gasteiger partial charge on any atom is -0.491 e. The molecule has 1 unspecified atom stereocenters. The number of amides is 1. The Hall–Kier alpha value is -1.77. The Morgan fingerprint density at radius 1 is 1.31 bits per heavy atom. The van der Waals surface area contributed by atoms with Crippen LogP contribution in [0.25, 0.3) is 0 Å². The first-order valence-corrected chi connectivity index (χ1v) is 11.3. The van der Waals surface area contributed by atoms with E-state index in [0.29, 0.717) is 51.2 Å². The number of alkyl halides is 2. The molecule has 2 heterocycles. The second-order valence-electron chi connectivity index (χ2n) is 9.56. The van der Waals surface area contributed by atoms with Crippen LogP contribution in [0.2, 0.25) is 0 Å². The fraction of sp³-hybridized carbons (Fsp3) is 0.708. The predicted molar refractivity (Wildman–Crippen MR) is 119 cm³/mol. The van der Waals surface area contributed by atoms with E-state index in [-0.39, 0.29) is 24.7 Å². The molecule has 0 N–H and O–H groups in total. The molecule has 2 fully saturated rings. The number of hydrogen-bond acceptors (Lipinski definition) is 5. The van der Waals surface area contributed by atoms with E-state index in [2.05, 4.69) is 0 Å². The number of rotatable bonds is 7. The summed E-state index contributed by atoms with van der Waals surface area (Å²) >= 11 is 0. The third-order valence-corrected chi connectivity index (χ3v) is 5.99. The van der Waals surface area contributed by atoms with Gasteiger partial charge in [0.15, 0.2) is 0 Å². The standard InChI is InChI=1S/C24H36F2N2O4/c1-17(2)31-21-7-6-19(12-18(21)3)22(29)28-10-8-24(9-11-28)16-27(15-23(4,25)26)13-20(32-24)14-30-5/h6-7,12,17,20H,8-11,13-16H2,1-5H3. The van der Waals surface area contributed by atoms with Crippen LogP contribution in [0.1, 0.15) is 49.5 Å². The molecule has 2 saturated heterocycles. The first-order chi connectivity index (χ1) is 15.0. The van der Waals surface area contributed by atoms with Gasteiger partial charge in [-0.1, -0.05) is 0 Å². The van der Waals surface area contributed by atoms with Crippen LogP contribution in [-0.2, 0) is 9.47 Å². The number of methoxy groups -OCH3 is 1. The smallest absolute Gasteiger partial charge is 0.257 e. The van der Waals surface area contributed by atoms with E-state index in [9.17, 15) is 13.6 Å². The van der Waals surface area contributed by atoms with Crippen LogP contribution in [-0.4, -0.2) is 85.9 Å². The van der Waals surface area contributed by atoms with Gasteiger partial charge in [-0.25, -0.2) is 8.78 Å². The summed E-state index contributed by atoms with van der Waals surface area (Å²) in [5.74, 6) is -2.02. The molecule has 1 amide bonds. The van der Waals surface area contributed by atoms with Crippen molar-refractivity contribution < 1.29 is 27.8 Å². The second-order valence-corrected chi connectivity index (χ2v) is 9.56. The van der Waals surface area contributed by atoms with Crippen LogP contribution in [0.15, 0.2) is 18.2 Å². The lowest BCUT2D eigenvalue weighted by Gasteiger charge is -2.50. The second kappa shape index (κ2) is 10.0. The van der Waals surface area contributed by atoms with Crippen molar-refractivity contribution in [1.82, 2.24) is 9.80 Å². The van der Waals surface area contributed by atoms with Crippen molar-refractivity contribution in [2.24, 2.45) is 0 Å². The minimum atomic E-state index is -2.77. The van der Waals surface area contributed by atoms with E-state index >= 15 is 0 Å². The number of carbonyl (C=O) groups is 1. The maximum atomic E-state index is 13.7. The number of aryl methyl sites for hydroxylation is 1. The van der Waals surface area contributed by atoms with E-state index in [0.717, 1.165) is 18.2 Å². The molecule has 0 aromatic heterocycles. The summed E-state index contributed by atoms with van der Waals surface area (Å²) in [7, 11) is 1.59. The van der Waals surface area contributed by atoms with E-state index in [1.54, 1.807) is 18.1 Å². The molecule has 0 aliphatic carbocycles. The molecule has 32 heavy (non-hydrogen) atoms. The normalized spacial score (nSPS) is 21.9. The molecule has 0 radical (unpaired) electrons. The number of piperidine rings is 1. The third-order valence-electron chi connectivity index (χ3n) is 5.99. The summed E-state index contributed by atoms with van der Waals surface area (Å²) in [4.78, 5) is 16.7. The van der Waals surface area contributed by atoms with Crippen molar-refractivity contribution in [2.45, 2.75) is 64.3 Å². The molecule has 180 valence electrons. The van der Waals surface area contributed by atoms with E-state index < -0.39 is 11.5 Å². The van der Waals surface area contributed by atoms with Gasteiger partial charge in [-0.15, -0.1) is 0 Å². The highest BCUT2D eigenvalue weighted by Gasteiger charge is 2.45. The molecule has 3 rings (SSSR count). The van der Waals surface area contributed by atoms with Gasteiger partial charge in [0.1, 0.15) is 5.75 Å². The van der Waals surface area contributed by atoms with Crippen molar-refractivity contribution >= 4 is 5.91 Å². The van der Waals surface area contributed by atoms with Crippen molar-refractivity contribution in [2.75, 3.05) is 46.4 Å². The summed E-state index contributed by atoms with van der Waals surface area (Å²) in [6.07, 6.45) is 1.03. The Bertz CT molecular complexity index is 789. The van der Waals surface area contributed by atoms with E-state index in [4.69, 9.17) is 14.2 Å². The van der Waals surface area contributed by atoms with E-state index in [1.165, 1.54) is 0 Å². The average Bonchev–Trinajstić information content (AvgIpc) is 2.68. The Balaban J connectivity index is 1.66. The molecule has 1 aromatic carbocycles. The Morgan fingerprint density at radius 2 is 2.00 bits per heavy atom. The molecule has 2 aliphatic heterocycles. The number of halogens is 2. The van der Waals surface area contributed by atoms with Gasteiger partial charge in [-0.2, -0.15) is 0 Å². The van der Waals surface area contributed by atoms with Crippen LogP contribution in [0.3, 0.4) is 0 Å². The Morgan fingerprint density at radius 3 is 2.56 bits per heavy atom. The summed E-state index contributed by atoms with van der Waals surface area (Å²) in [5.41, 5.74) is 1.02. The van der Waals surface area contributed by atoms with Crippen molar-refractivity contribution in [1.29, 1.82) is 0 Å². The number of likely N-dealkylation sites (tertiary alicyclic amines) is 1. The van der Waals surface area contributed by atoms with Crippen LogP contribution in [0.4, 0.5) is 8.78 Å². The molecule has 0 saturated carbocycles. The number of carbonyl (C=O) groups excluding carboxylic acids is 1. The summed E-state index contributed by atoms with van der Waals surface area (Å²) in [6, 6.07) is 5.51. The molecule has 1 atom stereocenters. The zero-order valence-electron chi connectivity index (χ0n) is 19.8. The molecule has 1 spiro atoms. The van der Waals surface area contributed by atoms with Crippen LogP contribution in [0, 0.1) is 6.92 Å². The quantitative estimate of drug-likeness (QED) is 0.628. The topological polar surface area (TPSA) is 51.2 Å². The molecular formula is C24H36F2N2O4. The van der Waals surface area contributed by atoms with Crippen LogP contribution >= 0.6 is 0 Å². The largest absolute Gasteiger partial charge is 0.491 e. The van der Waals surface area contributed by atoms with Crippen LogP contribution < -0.4 is 4.74 Å². The highest BCUT2D eigenvalue weighted by Crippen LogP contribution is 2.34. The molecule has 0 bridgehead atoms. The highest BCUT2D eigenvalue weighted by atomic mass is 19.3. The number of morpholine rings is 1. The lowest BCUT2D eigenvalue weighted by molar-refractivity contribution is -0.193. The van der Waals surface area contributed by atoms with Crippen molar-refractivity contribution in [3.8, 4) is 5.75 Å². The molecule has 1 aromatic rings. The lowest BCUT2D eigenvalue weighted by atomic mass is 9.88. The molecular weight excluding hydrogens is 418 g/mol. The number of ether oxygens (including phenoxy) is 3. The van der Waals surface area contributed by atoms with Gasteiger partial charge in [0.2, 0.25) is 0 Å². The summed E-state index contributed by atoms with van der Waals surface area (Å²) in [6.45, 7) is 8.79. The fourth-order valence-electron chi connectivity index (χ4n) is 4.72. The first kappa shape index (κ1) is 24.9. The van der Waals surface area contributed by atoms with Gasteiger partial charge in [0.05, 0.1) is 31.0 Å². The average molecular weight is 455 g/mol. The van der Waals surface area contributed by atoms with Gasteiger partial charge in [0, 0.05) is 45.8 Å². The molecule has 8 heteroatoms. The van der Waals surface area contributed by atoms with Gasteiger partial charge in [-0.05, 0) is 57.4 Å². The Kier molecular flexibility index (Phi) is 7.78. The van der Waals surface area contributed by atoms with Gasteiger partial charge < -0.3 is 19.1 Å². The van der Waals surface area contributed by atoms with E-state index in [1.807, 2.05) is 37.8 Å².